The molecule has 0 saturated heterocycles. The van der Waals surface area contributed by atoms with E-state index in [9.17, 15) is 4.79 Å². The van der Waals surface area contributed by atoms with Gasteiger partial charge in [0.15, 0.2) is 5.78 Å². The van der Waals surface area contributed by atoms with E-state index in [1.165, 1.54) is 0 Å². The molecule has 0 radical (unpaired) electrons. The van der Waals surface area contributed by atoms with Crippen LogP contribution >= 0.6 is 15.9 Å². The fourth-order valence-corrected chi connectivity index (χ4v) is 2.35. The van der Waals surface area contributed by atoms with Gasteiger partial charge in [0, 0.05) is 29.0 Å². The number of aromatic nitrogens is 2. The van der Waals surface area contributed by atoms with Crippen LogP contribution in [0.5, 0.6) is 5.75 Å². The second-order valence-electron chi connectivity index (χ2n) is 4.08. The van der Waals surface area contributed by atoms with Gasteiger partial charge in [0.1, 0.15) is 11.6 Å². The molecular formula is C14H15BrN2O2. The lowest BCUT2D eigenvalue weighted by Gasteiger charge is -2.07. The van der Waals surface area contributed by atoms with Crippen LogP contribution in [-0.2, 0) is 13.0 Å². The average Bonchev–Trinajstić information content (AvgIpc) is 2.86. The Morgan fingerprint density at radius 2 is 2.26 bits per heavy atom. The number of carbonyl (C=O) groups is 1. The molecule has 0 fully saturated rings. The van der Waals surface area contributed by atoms with Gasteiger partial charge in [0.25, 0.3) is 0 Å². The van der Waals surface area contributed by atoms with Gasteiger partial charge < -0.3 is 9.30 Å². The molecule has 1 heterocycles. The lowest BCUT2D eigenvalue weighted by atomic mass is 10.1. The molecule has 2 aromatic rings. The number of hydrogen-bond donors (Lipinski definition) is 0. The van der Waals surface area contributed by atoms with Gasteiger partial charge in [0.05, 0.1) is 13.5 Å². The first-order valence-corrected chi connectivity index (χ1v) is 6.81. The minimum absolute atomic E-state index is 0.0201. The maximum Gasteiger partial charge on any atom is 0.171 e. The topological polar surface area (TPSA) is 44.1 Å². The van der Waals surface area contributed by atoms with Gasteiger partial charge >= 0.3 is 0 Å². The molecule has 0 spiro atoms. The first-order chi connectivity index (χ1) is 9.15. The summed E-state index contributed by atoms with van der Waals surface area (Å²) in [7, 11) is 1.58. The van der Waals surface area contributed by atoms with Crippen LogP contribution in [0.1, 0.15) is 23.1 Å². The van der Waals surface area contributed by atoms with Gasteiger partial charge in [-0.1, -0.05) is 15.9 Å². The van der Waals surface area contributed by atoms with Crippen molar-refractivity contribution in [3.05, 3.63) is 46.5 Å². The Bertz CT molecular complexity index is 593. The molecule has 0 atom stereocenters. The predicted molar refractivity (Wildman–Crippen MR) is 76.6 cm³/mol. The first-order valence-electron chi connectivity index (χ1n) is 6.02. The summed E-state index contributed by atoms with van der Waals surface area (Å²) in [5.74, 6) is 1.47. The largest absolute Gasteiger partial charge is 0.497 e. The number of ketones is 1. The highest BCUT2D eigenvalue weighted by molar-refractivity contribution is 9.10. The van der Waals surface area contributed by atoms with E-state index >= 15 is 0 Å². The van der Waals surface area contributed by atoms with Crippen LogP contribution in [0.15, 0.2) is 35.1 Å². The summed E-state index contributed by atoms with van der Waals surface area (Å²) in [6, 6.07) is 5.37. The number of aryl methyl sites for hydroxylation is 1. The Hall–Kier alpha value is -1.62. The maximum absolute atomic E-state index is 12.3. The number of ether oxygens (including phenoxy) is 1. The van der Waals surface area contributed by atoms with Crippen LogP contribution < -0.4 is 4.74 Å². The van der Waals surface area contributed by atoms with Gasteiger partial charge in [-0.15, -0.1) is 0 Å². The Kier molecular flexibility index (Phi) is 4.37. The lowest BCUT2D eigenvalue weighted by Crippen LogP contribution is -2.10. The van der Waals surface area contributed by atoms with Crippen molar-refractivity contribution in [3.8, 4) is 5.75 Å². The van der Waals surface area contributed by atoms with Crippen molar-refractivity contribution in [2.75, 3.05) is 7.11 Å². The van der Waals surface area contributed by atoms with Crippen LogP contribution in [0.3, 0.4) is 0 Å². The van der Waals surface area contributed by atoms with Crippen molar-refractivity contribution >= 4 is 21.7 Å². The molecule has 1 aromatic heterocycles. The minimum Gasteiger partial charge on any atom is -0.497 e. The molecule has 19 heavy (non-hydrogen) atoms. The van der Waals surface area contributed by atoms with Gasteiger partial charge in [-0.25, -0.2) is 4.98 Å². The van der Waals surface area contributed by atoms with Crippen molar-refractivity contribution in [3.63, 3.8) is 0 Å². The number of rotatable bonds is 5. The minimum atomic E-state index is 0.0201. The van der Waals surface area contributed by atoms with Crippen molar-refractivity contribution in [1.82, 2.24) is 9.55 Å². The van der Waals surface area contributed by atoms with Crippen LogP contribution in [0.25, 0.3) is 0 Å². The van der Waals surface area contributed by atoms with E-state index in [0.29, 0.717) is 11.3 Å². The number of benzene rings is 1. The highest BCUT2D eigenvalue weighted by Gasteiger charge is 2.14. The fraction of sp³-hybridized carbons (Fsp3) is 0.286. The number of carbonyl (C=O) groups excluding carboxylic acids is 1. The number of imidazole rings is 1. The third-order valence-electron chi connectivity index (χ3n) is 2.93. The molecule has 4 nitrogen and oxygen atoms in total. The van der Waals surface area contributed by atoms with Crippen LogP contribution in [0.4, 0.5) is 0 Å². The van der Waals surface area contributed by atoms with Gasteiger partial charge in [-0.05, 0) is 25.1 Å². The molecular weight excluding hydrogens is 308 g/mol. The van der Waals surface area contributed by atoms with Crippen molar-refractivity contribution < 1.29 is 9.53 Å². The zero-order chi connectivity index (χ0) is 13.8. The summed E-state index contributed by atoms with van der Waals surface area (Å²) < 4.78 is 7.88. The normalized spacial score (nSPS) is 10.5. The molecule has 0 amide bonds. The van der Waals surface area contributed by atoms with E-state index in [1.54, 1.807) is 19.4 Å². The summed E-state index contributed by atoms with van der Waals surface area (Å²) in [5, 5.41) is 0. The zero-order valence-corrected chi connectivity index (χ0v) is 12.5. The predicted octanol–water partition coefficient (Wildman–Crippen LogP) is 3.10. The van der Waals surface area contributed by atoms with Crippen molar-refractivity contribution in [2.24, 2.45) is 0 Å². The zero-order valence-electron chi connectivity index (χ0n) is 10.9. The second-order valence-corrected chi connectivity index (χ2v) is 4.93. The Balaban J connectivity index is 2.25. The van der Waals surface area contributed by atoms with E-state index in [0.717, 1.165) is 16.8 Å². The summed E-state index contributed by atoms with van der Waals surface area (Å²) in [6.07, 6.45) is 3.88. The summed E-state index contributed by atoms with van der Waals surface area (Å²) in [6.45, 7) is 2.83. The number of nitrogens with zero attached hydrogens (tertiary/aromatic N) is 2. The van der Waals surface area contributed by atoms with E-state index in [-0.39, 0.29) is 12.2 Å². The Morgan fingerprint density at radius 3 is 2.95 bits per heavy atom. The molecule has 5 heteroatoms. The Labute approximate surface area is 120 Å². The van der Waals surface area contributed by atoms with Crippen molar-refractivity contribution in [2.45, 2.75) is 19.9 Å². The summed E-state index contributed by atoms with van der Waals surface area (Å²) in [4.78, 5) is 16.6. The van der Waals surface area contributed by atoms with E-state index in [4.69, 9.17) is 4.74 Å². The quantitative estimate of drug-likeness (QED) is 0.794. The van der Waals surface area contributed by atoms with E-state index in [1.807, 2.05) is 29.8 Å². The number of halogens is 1. The molecule has 0 aliphatic heterocycles. The third kappa shape index (κ3) is 3.04. The van der Waals surface area contributed by atoms with Crippen LogP contribution in [0, 0.1) is 0 Å². The summed E-state index contributed by atoms with van der Waals surface area (Å²) in [5.41, 5.74) is 0.616. The van der Waals surface area contributed by atoms with Crippen molar-refractivity contribution in [1.29, 1.82) is 0 Å². The molecule has 0 aliphatic rings. The van der Waals surface area contributed by atoms with Gasteiger partial charge in [-0.3, -0.25) is 4.79 Å². The molecule has 0 saturated carbocycles. The van der Waals surface area contributed by atoms with E-state index in [2.05, 4.69) is 20.9 Å². The molecule has 0 bridgehead atoms. The van der Waals surface area contributed by atoms with Gasteiger partial charge in [-0.2, -0.15) is 0 Å². The molecule has 0 unspecified atom stereocenters. The summed E-state index contributed by atoms with van der Waals surface area (Å²) >= 11 is 3.40. The van der Waals surface area contributed by atoms with Crippen LogP contribution in [0.2, 0.25) is 0 Å². The third-order valence-corrected chi connectivity index (χ3v) is 3.63. The molecule has 0 aliphatic carbocycles. The Morgan fingerprint density at radius 1 is 1.47 bits per heavy atom. The molecule has 100 valence electrons. The SMILES string of the molecule is CCn1ccnc1CC(=O)c1cc(OC)ccc1Br. The number of Topliss-reactive ketones (excluding diaryl/α,β-unsaturated/α-hetero) is 1. The number of hydrogen-bond acceptors (Lipinski definition) is 3. The molecule has 0 N–H and O–H groups in total. The maximum atomic E-state index is 12.3. The first kappa shape index (κ1) is 13.8. The molecule has 2 rings (SSSR count). The van der Waals surface area contributed by atoms with E-state index < -0.39 is 0 Å². The molecule has 1 aromatic carbocycles. The highest BCUT2D eigenvalue weighted by atomic mass is 79.9. The second kappa shape index (κ2) is 6.02. The standard InChI is InChI=1S/C14H15BrN2O2/c1-3-17-7-6-16-14(17)9-13(18)11-8-10(19-2)4-5-12(11)15/h4-8H,3,9H2,1-2H3. The lowest BCUT2D eigenvalue weighted by molar-refractivity contribution is 0.0988. The highest BCUT2D eigenvalue weighted by Crippen LogP contribution is 2.23. The smallest absolute Gasteiger partial charge is 0.171 e. The number of methoxy groups -OCH3 is 1. The van der Waals surface area contributed by atoms with Gasteiger partial charge in [0.2, 0.25) is 0 Å². The average molecular weight is 323 g/mol. The fourth-order valence-electron chi connectivity index (χ4n) is 1.88. The monoisotopic (exact) mass is 322 g/mol. The van der Waals surface area contributed by atoms with Crippen LogP contribution in [-0.4, -0.2) is 22.4 Å².